The second-order valence-electron chi connectivity index (χ2n) is 5.70. The molecule has 0 radical (unpaired) electrons. The smallest absolute Gasteiger partial charge is 0.0634 e. The van der Waals surface area contributed by atoms with Crippen molar-refractivity contribution >= 4 is 11.6 Å². The van der Waals surface area contributed by atoms with Crippen LogP contribution in [-0.4, -0.2) is 47.9 Å². The highest BCUT2D eigenvalue weighted by atomic mass is 35.5. The van der Waals surface area contributed by atoms with Crippen LogP contribution in [0.5, 0.6) is 0 Å². The van der Waals surface area contributed by atoms with E-state index in [1.54, 1.807) is 12.4 Å². The maximum atomic E-state index is 9.75. The van der Waals surface area contributed by atoms with Gasteiger partial charge >= 0.3 is 0 Å². The van der Waals surface area contributed by atoms with E-state index in [4.69, 9.17) is 16.3 Å². The monoisotopic (exact) mass is 282 g/mol. The molecule has 1 aromatic rings. The fourth-order valence-electron chi connectivity index (χ4n) is 3.32. The minimum Gasteiger partial charge on any atom is -0.396 e. The third-order valence-electron chi connectivity index (χ3n) is 4.45. The van der Waals surface area contributed by atoms with Crippen molar-refractivity contribution in [3.05, 3.63) is 29.0 Å². The summed E-state index contributed by atoms with van der Waals surface area (Å²) >= 11 is 6.16. The van der Waals surface area contributed by atoms with Crippen LogP contribution in [0.1, 0.15) is 12.0 Å². The van der Waals surface area contributed by atoms with Gasteiger partial charge in [-0.05, 0) is 24.0 Å². The number of nitrogens with zero attached hydrogens (tertiary/aromatic N) is 2. The number of aliphatic hydroxyl groups is 1. The molecule has 2 aliphatic heterocycles. The molecule has 1 aromatic heterocycles. The maximum Gasteiger partial charge on any atom is 0.0634 e. The number of rotatable bonds is 3. The van der Waals surface area contributed by atoms with Crippen molar-refractivity contribution in [3.8, 4) is 0 Å². The minimum atomic E-state index is -0.0717. The van der Waals surface area contributed by atoms with E-state index in [1.807, 2.05) is 6.07 Å². The SMILES string of the molecule is OC[C@]12COCC[C@H]1CN(Cc1ccncc1Cl)C2. The number of likely N-dealkylation sites (tertiary alicyclic amines) is 1. The van der Waals surface area contributed by atoms with E-state index >= 15 is 0 Å². The van der Waals surface area contributed by atoms with Crippen LogP contribution in [0, 0.1) is 11.3 Å². The summed E-state index contributed by atoms with van der Waals surface area (Å²) in [6, 6.07) is 1.96. The molecule has 2 aliphatic rings. The molecule has 0 aromatic carbocycles. The molecule has 5 heteroatoms. The lowest BCUT2D eigenvalue weighted by atomic mass is 9.76. The Hall–Kier alpha value is -0.680. The predicted octanol–water partition coefficient (Wildman–Crippen LogP) is 1.57. The molecule has 0 spiro atoms. The molecule has 1 N–H and O–H groups in total. The van der Waals surface area contributed by atoms with Crippen LogP contribution in [-0.2, 0) is 11.3 Å². The molecule has 3 rings (SSSR count). The first-order valence-corrected chi connectivity index (χ1v) is 7.11. The first-order valence-electron chi connectivity index (χ1n) is 6.73. The van der Waals surface area contributed by atoms with Crippen molar-refractivity contribution in [2.24, 2.45) is 11.3 Å². The second-order valence-corrected chi connectivity index (χ2v) is 6.10. The normalized spacial score (nSPS) is 31.4. The Kier molecular flexibility index (Phi) is 3.76. The zero-order valence-corrected chi connectivity index (χ0v) is 11.6. The highest BCUT2D eigenvalue weighted by Gasteiger charge is 2.47. The minimum absolute atomic E-state index is 0.0717. The van der Waals surface area contributed by atoms with Crippen LogP contribution in [0.25, 0.3) is 0 Å². The fraction of sp³-hybridized carbons (Fsp3) is 0.643. The molecule has 0 bridgehead atoms. The molecular weight excluding hydrogens is 264 g/mol. The first kappa shape index (κ1) is 13.3. The van der Waals surface area contributed by atoms with Crippen LogP contribution in [0.2, 0.25) is 5.02 Å². The third kappa shape index (κ3) is 2.50. The van der Waals surface area contributed by atoms with Crippen molar-refractivity contribution in [1.29, 1.82) is 0 Å². The number of aromatic nitrogens is 1. The van der Waals surface area contributed by atoms with Crippen LogP contribution in [0.4, 0.5) is 0 Å². The van der Waals surface area contributed by atoms with Gasteiger partial charge in [0.1, 0.15) is 0 Å². The van der Waals surface area contributed by atoms with Gasteiger partial charge in [0, 0.05) is 44.0 Å². The number of hydrogen-bond acceptors (Lipinski definition) is 4. The van der Waals surface area contributed by atoms with Gasteiger partial charge in [-0.15, -0.1) is 0 Å². The van der Waals surface area contributed by atoms with Gasteiger partial charge in [0.05, 0.1) is 18.2 Å². The summed E-state index contributed by atoms with van der Waals surface area (Å²) < 4.78 is 5.58. The fourth-order valence-corrected chi connectivity index (χ4v) is 3.50. The Balaban J connectivity index is 1.73. The van der Waals surface area contributed by atoms with Crippen molar-refractivity contribution < 1.29 is 9.84 Å². The van der Waals surface area contributed by atoms with Crippen molar-refractivity contribution in [2.45, 2.75) is 13.0 Å². The average Bonchev–Trinajstić information content (AvgIpc) is 2.80. The van der Waals surface area contributed by atoms with Crippen LogP contribution in [0.3, 0.4) is 0 Å². The third-order valence-corrected chi connectivity index (χ3v) is 4.79. The van der Waals surface area contributed by atoms with Gasteiger partial charge < -0.3 is 9.84 Å². The molecule has 0 aliphatic carbocycles. The molecule has 104 valence electrons. The quantitative estimate of drug-likeness (QED) is 0.914. The Bertz CT molecular complexity index is 457. The Morgan fingerprint density at radius 3 is 3.21 bits per heavy atom. The zero-order valence-electron chi connectivity index (χ0n) is 10.9. The molecule has 3 heterocycles. The lowest BCUT2D eigenvalue weighted by Crippen LogP contribution is -2.42. The van der Waals surface area contributed by atoms with Gasteiger partial charge in [0.25, 0.3) is 0 Å². The van der Waals surface area contributed by atoms with Gasteiger partial charge in [-0.2, -0.15) is 0 Å². The molecule has 4 nitrogen and oxygen atoms in total. The molecule has 19 heavy (non-hydrogen) atoms. The molecule has 0 saturated carbocycles. The summed E-state index contributed by atoms with van der Waals surface area (Å²) in [7, 11) is 0. The number of hydrogen-bond donors (Lipinski definition) is 1. The standard InChI is InChI=1S/C14H19ClN2O2/c15-13-5-16-3-1-11(13)6-17-7-12-2-4-19-10-14(12,8-17)9-18/h1,3,5,12,18H,2,4,6-10H2/t12-,14+/m0/s1. The summed E-state index contributed by atoms with van der Waals surface area (Å²) in [5, 5.41) is 10.5. The average molecular weight is 283 g/mol. The lowest BCUT2D eigenvalue weighted by molar-refractivity contribution is -0.0561. The summed E-state index contributed by atoms with van der Waals surface area (Å²) in [5.41, 5.74) is 1.03. The Labute approximate surface area is 118 Å². The molecule has 2 fully saturated rings. The van der Waals surface area contributed by atoms with E-state index in [-0.39, 0.29) is 12.0 Å². The number of halogens is 1. The molecule has 2 atom stereocenters. The second kappa shape index (κ2) is 5.37. The van der Waals surface area contributed by atoms with Crippen molar-refractivity contribution in [1.82, 2.24) is 9.88 Å². The molecule has 2 saturated heterocycles. The molecule has 0 amide bonds. The van der Waals surface area contributed by atoms with Crippen LogP contribution >= 0.6 is 11.6 Å². The topological polar surface area (TPSA) is 45.6 Å². The highest BCUT2D eigenvalue weighted by molar-refractivity contribution is 6.31. The van der Waals surface area contributed by atoms with Gasteiger partial charge in [-0.3, -0.25) is 9.88 Å². The maximum absolute atomic E-state index is 9.75. The van der Waals surface area contributed by atoms with E-state index in [2.05, 4.69) is 9.88 Å². The number of aliphatic hydroxyl groups excluding tert-OH is 1. The largest absolute Gasteiger partial charge is 0.396 e. The summed E-state index contributed by atoms with van der Waals surface area (Å²) in [5.74, 6) is 0.534. The van der Waals surface area contributed by atoms with E-state index in [9.17, 15) is 5.11 Å². The van der Waals surface area contributed by atoms with Gasteiger partial charge in [0.15, 0.2) is 0 Å². The summed E-state index contributed by atoms with van der Waals surface area (Å²) in [4.78, 5) is 6.38. The van der Waals surface area contributed by atoms with Crippen LogP contribution < -0.4 is 0 Å². The summed E-state index contributed by atoms with van der Waals surface area (Å²) in [6.07, 6.45) is 4.50. The van der Waals surface area contributed by atoms with Gasteiger partial charge in [-0.25, -0.2) is 0 Å². The van der Waals surface area contributed by atoms with E-state index in [1.165, 1.54) is 0 Å². The Morgan fingerprint density at radius 1 is 1.58 bits per heavy atom. The van der Waals surface area contributed by atoms with Gasteiger partial charge in [-0.1, -0.05) is 11.6 Å². The number of fused-ring (bicyclic) bond motifs is 1. The van der Waals surface area contributed by atoms with Crippen LogP contribution in [0.15, 0.2) is 18.5 Å². The van der Waals surface area contributed by atoms with Gasteiger partial charge in [0.2, 0.25) is 0 Å². The van der Waals surface area contributed by atoms with E-state index in [0.717, 1.165) is 38.2 Å². The zero-order chi connectivity index (χ0) is 13.3. The van der Waals surface area contributed by atoms with E-state index in [0.29, 0.717) is 17.5 Å². The van der Waals surface area contributed by atoms with E-state index < -0.39 is 0 Å². The first-order chi connectivity index (χ1) is 9.23. The van der Waals surface area contributed by atoms with Crippen molar-refractivity contribution in [3.63, 3.8) is 0 Å². The Morgan fingerprint density at radius 2 is 2.47 bits per heavy atom. The number of ether oxygens (including phenoxy) is 1. The van der Waals surface area contributed by atoms with Crippen molar-refractivity contribution in [2.75, 3.05) is 32.9 Å². The molecular formula is C14H19ClN2O2. The summed E-state index contributed by atoms with van der Waals surface area (Å²) in [6.45, 7) is 4.41. The highest BCUT2D eigenvalue weighted by Crippen LogP contribution is 2.41. The predicted molar refractivity (Wildman–Crippen MR) is 73.0 cm³/mol. The lowest BCUT2D eigenvalue weighted by Gasteiger charge is -2.36. The number of pyridine rings is 1. The molecule has 0 unspecified atom stereocenters.